The molecule has 0 aliphatic rings. The molecule has 5 aromatic carbocycles. The highest BCUT2D eigenvalue weighted by molar-refractivity contribution is 6.31. The van der Waals surface area contributed by atoms with Gasteiger partial charge in [-0.25, -0.2) is 34.9 Å². The second-order valence-corrected chi connectivity index (χ2v) is 23.4. The number of pyridine rings is 3. The first-order valence-electron chi connectivity index (χ1n) is 29.6. The summed E-state index contributed by atoms with van der Waals surface area (Å²) in [6.45, 7) is 11.4. The molecular formula is C75H56Cl5N15O4. The van der Waals surface area contributed by atoms with E-state index >= 15 is 0 Å². The fourth-order valence-electron chi connectivity index (χ4n) is 9.49. The molecule has 0 saturated heterocycles. The van der Waals surface area contributed by atoms with Crippen molar-refractivity contribution in [2.24, 2.45) is 22.9 Å². The fourth-order valence-corrected chi connectivity index (χ4v) is 10.3. The minimum atomic E-state index is -0.650. The smallest absolute Gasteiger partial charge is 0.285 e. The molecule has 12 rings (SSSR count). The molecule has 7 aromatic heterocycles. The maximum atomic E-state index is 11.8. The van der Waals surface area contributed by atoms with Gasteiger partial charge in [0.05, 0.1) is 22.8 Å². The monoisotopic (exact) mass is 1410 g/mol. The third kappa shape index (κ3) is 18.3. The molecule has 8 N–H and O–H groups in total. The van der Waals surface area contributed by atoms with Gasteiger partial charge in [-0.1, -0.05) is 141 Å². The Labute approximate surface area is 594 Å². The van der Waals surface area contributed by atoms with E-state index in [9.17, 15) is 19.2 Å². The molecule has 7 heterocycles. The number of carbonyl (C=O) groups is 4. The van der Waals surface area contributed by atoms with E-state index in [1.54, 1.807) is 116 Å². The molecule has 0 spiro atoms. The molecule has 490 valence electrons. The summed E-state index contributed by atoms with van der Waals surface area (Å²) in [4.78, 5) is 76.1. The Morgan fingerprint density at radius 2 is 0.616 bits per heavy atom. The van der Waals surface area contributed by atoms with Crippen molar-refractivity contribution in [3.63, 3.8) is 0 Å². The zero-order valence-corrected chi connectivity index (χ0v) is 57.4. The molecule has 0 aliphatic carbocycles. The number of benzene rings is 5. The number of rotatable bonds is 8. The largest absolute Gasteiger partial charge is 0.363 e. The lowest BCUT2D eigenvalue weighted by atomic mass is 10.2. The van der Waals surface area contributed by atoms with Gasteiger partial charge in [0.1, 0.15) is 38.2 Å². The molecule has 0 radical (unpaired) electrons. The number of amides is 4. The Bertz CT molecular complexity index is 5160. The molecular weight excluding hydrogens is 1350 g/mol. The summed E-state index contributed by atoms with van der Waals surface area (Å²) in [5.74, 6) is 21.9. The SMILES string of the molecule is Cc1c(C#Cc2ccnc(Cl)c2)nc(C(N)=O)n1-c1ccc(Cl)cc1.Cc1c(C#Cc2ccnc(Cl)c2)nc(C(N)=O)n1-c1cccc(Cl)c1.Cc1ccc(-n2c(C(N)=O)nc(C#Cc3ccccc3)c2C)cc1.Cc1ccc(-n2c(C(N)=O)nc(C#Cc3ccnc(Cl)c3)c2C)cc1. The average molecular weight is 1410 g/mol. The highest BCUT2D eigenvalue weighted by atomic mass is 35.5. The minimum absolute atomic E-state index is 0.0943. The molecule has 12 aromatic rings. The summed E-state index contributed by atoms with van der Waals surface area (Å²) in [6.07, 6.45) is 4.72. The minimum Gasteiger partial charge on any atom is -0.363 e. The molecule has 4 amide bonds. The van der Waals surface area contributed by atoms with Gasteiger partial charge in [0.2, 0.25) is 23.3 Å². The molecule has 99 heavy (non-hydrogen) atoms. The van der Waals surface area contributed by atoms with E-state index in [1.165, 1.54) is 0 Å². The predicted octanol–water partition coefficient (Wildman–Crippen LogP) is 12.8. The van der Waals surface area contributed by atoms with Crippen LogP contribution in [0.15, 0.2) is 182 Å². The van der Waals surface area contributed by atoms with Crippen LogP contribution in [0.3, 0.4) is 0 Å². The van der Waals surface area contributed by atoms with Crippen LogP contribution in [0.2, 0.25) is 25.5 Å². The van der Waals surface area contributed by atoms with Gasteiger partial charge >= 0.3 is 0 Å². The Morgan fingerprint density at radius 3 is 0.919 bits per heavy atom. The average Bonchev–Trinajstić information content (AvgIpc) is 1.68. The molecule has 0 atom stereocenters. The van der Waals surface area contributed by atoms with Crippen molar-refractivity contribution >= 4 is 81.6 Å². The zero-order chi connectivity index (χ0) is 71.0. The van der Waals surface area contributed by atoms with E-state index in [0.29, 0.717) is 82.0 Å². The first-order chi connectivity index (χ1) is 47.4. The second-order valence-electron chi connectivity index (χ2n) is 21.4. The van der Waals surface area contributed by atoms with Crippen LogP contribution in [0.25, 0.3) is 22.7 Å². The van der Waals surface area contributed by atoms with Crippen molar-refractivity contribution in [2.45, 2.75) is 41.5 Å². The van der Waals surface area contributed by atoms with Gasteiger partial charge in [-0.05, 0) is 180 Å². The van der Waals surface area contributed by atoms with Crippen molar-refractivity contribution in [3.8, 4) is 70.1 Å². The number of primary amides is 4. The topological polar surface area (TPSA) is 282 Å². The summed E-state index contributed by atoms with van der Waals surface area (Å²) in [5, 5.41) is 2.21. The number of hydrogen-bond donors (Lipinski definition) is 4. The molecule has 24 heteroatoms. The van der Waals surface area contributed by atoms with E-state index in [2.05, 4.69) is 82.3 Å². The van der Waals surface area contributed by atoms with Crippen molar-refractivity contribution in [1.29, 1.82) is 0 Å². The lowest BCUT2D eigenvalue weighted by Crippen LogP contribution is -2.17. The number of imidazole rings is 4. The number of halogens is 5. The van der Waals surface area contributed by atoms with Gasteiger partial charge in [0, 0.05) is 73.6 Å². The van der Waals surface area contributed by atoms with Crippen LogP contribution >= 0.6 is 58.0 Å². The van der Waals surface area contributed by atoms with Crippen LogP contribution in [0, 0.1) is 88.9 Å². The molecule has 19 nitrogen and oxygen atoms in total. The highest BCUT2D eigenvalue weighted by Gasteiger charge is 2.22. The zero-order valence-electron chi connectivity index (χ0n) is 53.6. The quantitative estimate of drug-likeness (QED) is 0.0819. The van der Waals surface area contributed by atoms with Crippen LogP contribution in [0.4, 0.5) is 0 Å². The molecule has 0 aliphatic heterocycles. The number of hydrogen-bond acceptors (Lipinski definition) is 11. The van der Waals surface area contributed by atoms with Gasteiger partial charge in [0.15, 0.2) is 0 Å². The lowest BCUT2D eigenvalue weighted by molar-refractivity contribution is 0.0980. The van der Waals surface area contributed by atoms with Crippen molar-refractivity contribution in [1.82, 2.24) is 53.2 Å². The fraction of sp³-hybridized carbons (Fsp3) is 0.0800. The standard InChI is InChI=1S/C20H17N3O.C19H15ClN4O.2C18H12Cl2N4O/c1-14-8-11-17(12-9-14)23-15(2)18(22-20(23)19(21)24)13-10-16-6-4-3-5-7-16;1-12-3-6-15(7-4-12)24-13(2)16(23-19(24)18(21)25)8-5-14-9-10-22-17(20)11-14;1-11-15(7-2-12-8-9-22-16(20)10-12)23-18(17(21)25)24(11)14-5-3-13(19)4-6-14;1-11-15(6-5-12-7-8-22-16(20)9-12)23-18(17(21)25)24(11)14-4-2-3-13(19)10-14/h3-9,11-12H,1-2H3,(H2,21,24);3-4,6-7,9-11H,1-2H3,(H2,21,25);3-6,8-10H,1H3,(H2,21,25);2-4,7-10H,1H3,(H2,21,25). The summed E-state index contributed by atoms with van der Waals surface area (Å²) in [7, 11) is 0. The summed E-state index contributed by atoms with van der Waals surface area (Å²) >= 11 is 29.5. The first-order valence-corrected chi connectivity index (χ1v) is 31.5. The predicted molar refractivity (Wildman–Crippen MR) is 385 cm³/mol. The Kier molecular flexibility index (Phi) is 23.5. The number of carbonyl (C=O) groups excluding carboxylic acids is 4. The van der Waals surface area contributed by atoms with E-state index in [-0.39, 0.29) is 23.3 Å². The number of aromatic nitrogens is 11. The van der Waals surface area contributed by atoms with E-state index in [1.807, 2.05) is 126 Å². The van der Waals surface area contributed by atoms with Crippen LogP contribution in [0.5, 0.6) is 0 Å². The first kappa shape index (κ1) is 71.3. The Balaban J connectivity index is 0.000000154. The third-order valence-electron chi connectivity index (χ3n) is 14.3. The Hall–Kier alpha value is -12.0. The van der Waals surface area contributed by atoms with Gasteiger partial charge in [-0.3, -0.25) is 37.4 Å². The number of aryl methyl sites for hydroxylation is 2. The maximum absolute atomic E-state index is 11.8. The third-order valence-corrected chi connectivity index (χ3v) is 15.4. The summed E-state index contributed by atoms with van der Waals surface area (Å²) in [5.41, 5.74) is 35.1. The van der Waals surface area contributed by atoms with E-state index < -0.39 is 23.6 Å². The van der Waals surface area contributed by atoms with Crippen LogP contribution in [-0.2, 0) is 0 Å². The van der Waals surface area contributed by atoms with Gasteiger partial charge < -0.3 is 22.9 Å². The van der Waals surface area contributed by atoms with Gasteiger partial charge in [-0.15, -0.1) is 0 Å². The number of nitrogens with zero attached hydrogens (tertiary/aromatic N) is 11. The lowest BCUT2D eigenvalue weighted by Gasteiger charge is -2.08. The molecule has 0 unspecified atom stereocenters. The van der Waals surface area contributed by atoms with Crippen molar-refractivity contribution in [2.75, 3.05) is 0 Å². The molecule has 0 fully saturated rings. The normalized spacial score (nSPS) is 10.2. The van der Waals surface area contributed by atoms with Crippen LogP contribution in [-0.4, -0.2) is 76.8 Å². The van der Waals surface area contributed by atoms with Crippen LogP contribution in [0.1, 0.15) is 121 Å². The van der Waals surface area contributed by atoms with E-state index in [4.69, 9.17) is 80.9 Å². The molecule has 0 bridgehead atoms. The van der Waals surface area contributed by atoms with Crippen LogP contribution < -0.4 is 22.9 Å². The second kappa shape index (κ2) is 32.6. The Morgan fingerprint density at radius 1 is 0.313 bits per heavy atom. The van der Waals surface area contributed by atoms with Gasteiger partial charge in [-0.2, -0.15) is 0 Å². The van der Waals surface area contributed by atoms with Crippen molar-refractivity contribution < 1.29 is 19.2 Å². The van der Waals surface area contributed by atoms with Crippen molar-refractivity contribution in [3.05, 3.63) is 310 Å². The van der Waals surface area contributed by atoms with E-state index in [0.717, 1.165) is 45.1 Å². The molecule has 0 saturated carbocycles. The maximum Gasteiger partial charge on any atom is 0.285 e. The number of nitrogens with two attached hydrogens (primary N) is 4. The summed E-state index contributed by atoms with van der Waals surface area (Å²) in [6, 6.07) is 49.5. The van der Waals surface area contributed by atoms with Gasteiger partial charge in [0.25, 0.3) is 23.6 Å². The summed E-state index contributed by atoms with van der Waals surface area (Å²) < 4.78 is 6.75. The highest BCUT2D eigenvalue weighted by Crippen LogP contribution is 2.25.